The number of hydrogen-bond donors (Lipinski definition) is 1. The number of nitrogens with zero attached hydrogens (tertiary/aromatic N) is 2. The van der Waals surface area contributed by atoms with Gasteiger partial charge in [-0.15, -0.1) is 0 Å². The van der Waals surface area contributed by atoms with Crippen LogP contribution in [0.3, 0.4) is 0 Å². The highest BCUT2D eigenvalue weighted by atomic mass is 16.5. The van der Waals surface area contributed by atoms with Crippen LogP contribution in [-0.4, -0.2) is 16.6 Å². The quantitative estimate of drug-likeness (QED) is 0.897. The number of para-hydroxylation sites is 1. The maximum absolute atomic E-state index is 5.76. The Morgan fingerprint density at radius 1 is 1.22 bits per heavy atom. The molecular weight excluding hydrogens is 226 g/mol. The first kappa shape index (κ1) is 12.4. The molecule has 1 heterocycles. The molecule has 2 rings (SSSR count). The molecule has 0 spiro atoms. The van der Waals surface area contributed by atoms with Crippen LogP contribution in [0.2, 0.25) is 0 Å². The van der Waals surface area contributed by atoms with Crippen LogP contribution in [0.5, 0.6) is 5.75 Å². The predicted octanol–water partition coefficient (Wildman–Crippen LogP) is 2.82. The van der Waals surface area contributed by atoms with Crippen molar-refractivity contribution in [3.63, 3.8) is 0 Å². The number of ether oxygens (including phenoxy) is 1. The Morgan fingerprint density at radius 2 is 2.00 bits per heavy atom. The van der Waals surface area contributed by atoms with E-state index in [0.717, 1.165) is 23.4 Å². The lowest BCUT2D eigenvalue weighted by atomic mass is 10.1. The van der Waals surface area contributed by atoms with Crippen molar-refractivity contribution in [2.24, 2.45) is 0 Å². The van der Waals surface area contributed by atoms with Crippen LogP contribution >= 0.6 is 0 Å². The zero-order chi connectivity index (χ0) is 13.0. The molecule has 0 aliphatic carbocycles. The fourth-order valence-electron chi connectivity index (χ4n) is 1.74. The van der Waals surface area contributed by atoms with Gasteiger partial charge in [0.15, 0.2) is 0 Å². The van der Waals surface area contributed by atoms with Crippen LogP contribution in [0.15, 0.2) is 30.3 Å². The molecule has 0 fully saturated rings. The number of nitrogen functional groups attached to an aromatic ring is 1. The van der Waals surface area contributed by atoms with Gasteiger partial charge in [0.05, 0.1) is 12.3 Å². The Morgan fingerprint density at radius 3 is 2.72 bits per heavy atom. The van der Waals surface area contributed by atoms with Crippen molar-refractivity contribution >= 4 is 5.82 Å². The van der Waals surface area contributed by atoms with E-state index in [4.69, 9.17) is 10.5 Å². The highest BCUT2D eigenvalue weighted by molar-refractivity contribution is 5.68. The van der Waals surface area contributed by atoms with Gasteiger partial charge in [-0.3, -0.25) is 0 Å². The van der Waals surface area contributed by atoms with Gasteiger partial charge >= 0.3 is 0 Å². The topological polar surface area (TPSA) is 61.0 Å². The molecule has 1 aromatic carbocycles. The van der Waals surface area contributed by atoms with Crippen molar-refractivity contribution in [2.75, 3.05) is 12.3 Å². The minimum absolute atomic E-state index is 0.475. The minimum Gasteiger partial charge on any atom is -0.493 e. The van der Waals surface area contributed by atoms with Crippen molar-refractivity contribution in [3.8, 4) is 17.0 Å². The van der Waals surface area contributed by atoms with Gasteiger partial charge in [-0.05, 0) is 25.5 Å². The van der Waals surface area contributed by atoms with Gasteiger partial charge in [0, 0.05) is 11.6 Å². The summed E-state index contributed by atoms with van der Waals surface area (Å²) >= 11 is 0. The Balaban J connectivity index is 2.42. The van der Waals surface area contributed by atoms with Crippen molar-refractivity contribution in [1.29, 1.82) is 0 Å². The van der Waals surface area contributed by atoms with E-state index in [9.17, 15) is 0 Å². The molecular formula is C14H17N3O. The van der Waals surface area contributed by atoms with E-state index in [1.807, 2.05) is 31.2 Å². The van der Waals surface area contributed by atoms with Gasteiger partial charge in [0.25, 0.3) is 0 Å². The Bertz CT molecular complexity index is 520. The van der Waals surface area contributed by atoms with Gasteiger partial charge in [-0.1, -0.05) is 19.1 Å². The second kappa shape index (κ2) is 5.49. The molecule has 0 bridgehead atoms. The standard InChI is InChI=1S/C14H17N3O/c1-3-8-18-13-7-5-4-6-11(13)12-9-14(15)17-10(2)16-12/h4-7,9H,3,8H2,1-2H3,(H2,15,16,17). The molecule has 0 aliphatic heterocycles. The summed E-state index contributed by atoms with van der Waals surface area (Å²) in [5.74, 6) is 1.97. The van der Waals surface area contributed by atoms with Crippen molar-refractivity contribution in [2.45, 2.75) is 20.3 Å². The lowest BCUT2D eigenvalue weighted by molar-refractivity contribution is 0.318. The van der Waals surface area contributed by atoms with Gasteiger partial charge < -0.3 is 10.5 Å². The number of hydrogen-bond acceptors (Lipinski definition) is 4. The Kier molecular flexibility index (Phi) is 3.77. The zero-order valence-electron chi connectivity index (χ0n) is 10.7. The third-order valence-electron chi connectivity index (χ3n) is 2.48. The van der Waals surface area contributed by atoms with Crippen LogP contribution in [0.4, 0.5) is 5.82 Å². The van der Waals surface area contributed by atoms with Crippen LogP contribution in [-0.2, 0) is 0 Å². The smallest absolute Gasteiger partial charge is 0.128 e. The highest BCUT2D eigenvalue weighted by Gasteiger charge is 2.08. The number of anilines is 1. The number of nitrogens with two attached hydrogens (primary N) is 1. The molecule has 2 N–H and O–H groups in total. The molecule has 0 unspecified atom stereocenters. The fourth-order valence-corrected chi connectivity index (χ4v) is 1.74. The van der Waals surface area contributed by atoms with E-state index in [-0.39, 0.29) is 0 Å². The van der Waals surface area contributed by atoms with E-state index in [2.05, 4.69) is 16.9 Å². The molecule has 0 saturated heterocycles. The van der Waals surface area contributed by atoms with Gasteiger partial charge in [0.1, 0.15) is 17.4 Å². The number of benzene rings is 1. The average molecular weight is 243 g/mol. The van der Waals surface area contributed by atoms with Gasteiger partial charge in [-0.25, -0.2) is 9.97 Å². The summed E-state index contributed by atoms with van der Waals surface area (Å²) in [7, 11) is 0. The maximum atomic E-state index is 5.76. The second-order valence-electron chi connectivity index (χ2n) is 4.07. The third kappa shape index (κ3) is 2.77. The summed E-state index contributed by atoms with van der Waals surface area (Å²) < 4.78 is 5.72. The number of rotatable bonds is 4. The summed E-state index contributed by atoms with van der Waals surface area (Å²) in [4.78, 5) is 8.48. The molecule has 0 amide bonds. The predicted molar refractivity (Wildman–Crippen MR) is 72.4 cm³/mol. The lowest BCUT2D eigenvalue weighted by Crippen LogP contribution is -2.00. The largest absolute Gasteiger partial charge is 0.493 e. The van der Waals surface area contributed by atoms with E-state index in [1.165, 1.54) is 0 Å². The molecule has 1 aromatic heterocycles. The molecule has 4 nitrogen and oxygen atoms in total. The highest BCUT2D eigenvalue weighted by Crippen LogP contribution is 2.29. The molecule has 4 heteroatoms. The van der Waals surface area contributed by atoms with Crippen molar-refractivity contribution in [3.05, 3.63) is 36.2 Å². The average Bonchev–Trinajstić information content (AvgIpc) is 2.35. The van der Waals surface area contributed by atoms with Crippen molar-refractivity contribution in [1.82, 2.24) is 9.97 Å². The summed E-state index contributed by atoms with van der Waals surface area (Å²) in [5, 5.41) is 0. The monoisotopic (exact) mass is 243 g/mol. The molecule has 2 aromatic rings. The van der Waals surface area contributed by atoms with E-state index >= 15 is 0 Å². The summed E-state index contributed by atoms with van der Waals surface area (Å²) in [6.45, 7) is 4.60. The van der Waals surface area contributed by atoms with Crippen molar-refractivity contribution < 1.29 is 4.74 Å². The molecule has 0 atom stereocenters. The first-order valence-electron chi connectivity index (χ1n) is 6.04. The van der Waals surface area contributed by atoms with Gasteiger partial charge in [-0.2, -0.15) is 0 Å². The first-order chi connectivity index (χ1) is 8.70. The summed E-state index contributed by atoms with van der Waals surface area (Å²) in [6.07, 6.45) is 0.972. The second-order valence-corrected chi connectivity index (χ2v) is 4.07. The number of aryl methyl sites for hydroxylation is 1. The van der Waals surface area contributed by atoms with E-state index in [1.54, 1.807) is 6.07 Å². The summed E-state index contributed by atoms with van der Waals surface area (Å²) in [6, 6.07) is 9.60. The maximum Gasteiger partial charge on any atom is 0.128 e. The van der Waals surface area contributed by atoms with E-state index in [0.29, 0.717) is 18.2 Å². The minimum atomic E-state index is 0.475. The zero-order valence-corrected chi connectivity index (χ0v) is 10.7. The van der Waals surface area contributed by atoms with Gasteiger partial charge in [0.2, 0.25) is 0 Å². The van der Waals surface area contributed by atoms with Crippen LogP contribution < -0.4 is 10.5 Å². The van der Waals surface area contributed by atoms with E-state index < -0.39 is 0 Å². The molecule has 18 heavy (non-hydrogen) atoms. The molecule has 0 saturated carbocycles. The van der Waals surface area contributed by atoms with Crippen LogP contribution in [0.1, 0.15) is 19.2 Å². The normalized spacial score (nSPS) is 10.3. The fraction of sp³-hybridized carbons (Fsp3) is 0.286. The third-order valence-corrected chi connectivity index (χ3v) is 2.48. The molecule has 0 radical (unpaired) electrons. The Labute approximate surface area is 107 Å². The number of aromatic nitrogens is 2. The SMILES string of the molecule is CCCOc1ccccc1-c1cc(N)nc(C)n1. The molecule has 0 aliphatic rings. The van der Waals surface area contributed by atoms with Crippen LogP contribution in [0.25, 0.3) is 11.3 Å². The molecule has 94 valence electrons. The first-order valence-corrected chi connectivity index (χ1v) is 6.04. The lowest BCUT2D eigenvalue weighted by Gasteiger charge is -2.10. The van der Waals surface area contributed by atoms with Crippen LogP contribution in [0, 0.1) is 6.92 Å². The summed E-state index contributed by atoms with van der Waals surface area (Å²) in [5.41, 5.74) is 7.50. The Hall–Kier alpha value is -2.10.